The van der Waals surface area contributed by atoms with Crippen LogP contribution in [0.1, 0.15) is 26.4 Å². The van der Waals surface area contributed by atoms with Crippen molar-refractivity contribution >= 4 is 28.5 Å². The first-order chi connectivity index (χ1) is 14.1. The predicted molar refractivity (Wildman–Crippen MR) is 109 cm³/mol. The maximum Gasteiger partial charge on any atom is 0.339 e. The van der Waals surface area contributed by atoms with E-state index in [1.54, 1.807) is 35.9 Å². The Balaban J connectivity index is 1.65. The molecule has 144 valence electrons. The molecule has 1 amide bonds. The van der Waals surface area contributed by atoms with Crippen molar-refractivity contribution in [2.45, 2.75) is 6.92 Å². The van der Waals surface area contributed by atoms with Crippen molar-refractivity contribution in [1.82, 2.24) is 14.8 Å². The minimum Gasteiger partial charge on any atom is -0.465 e. The van der Waals surface area contributed by atoms with Gasteiger partial charge in [0.15, 0.2) is 5.82 Å². The molecule has 0 aliphatic carbocycles. The summed E-state index contributed by atoms with van der Waals surface area (Å²) in [6.45, 7) is 1.80. The molecule has 2 aromatic heterocycles. The summed E-state index contributed by atoms with van der Waals surface area (Å²) in [5.74, 6) is -0.269. The van der Waals surface area contributed by atoms with Crippen LogP contribution in [0.25, 0.3) is 16.7 Å². The highest BCUT2D eigenvalue weighted by atomic mass is 16.5. The van der Waals surface area contributed by atoms with Gasteiger partial charge in [0.25, 0.3) is 5.91 Å². The predicted octanol–water partition coefficient (Wildman–Crippen LogP) is 3.77. The van der Waals surface area contributed by atoms with Gasteiger partial charge < -0.3 is 10.1 Å². The van der Waals surface area contributed by atoms with E-state index < -0.39 is 5.97 Å². The topological polar surface area (TPSA) is 86.1 Å². The van der Waals surface area contributed by atoms with Gasteiger partial charge in [0.05, 0.1) is 41.3 Å². The second-order valence-corrected chi connectivity index (χ2v) is 6.41. The van der Waals surface area contributed by atoms with E-state index in [1.165, 1.54) is 13.3 Å². The number of pyridine rings is 1. The van der Waals surface area contributed by atoms with Gasteiger partial charge in [0.1, 0.15) is 0 Å². The Morgan fingerprint density at radius 1 is 0.966 bits per heavy atom. The molecule has 0 saturated carbocycles. The molecule has 0 bridgehead atoms. The number of anilines is 1. The molecule has 0 spiro atoms. The highest BCUT2D eigenvalue weighted by Crippen LogP contribution is 2.20. The van der Waals surface area contributed by atoms with Crippen molar-refractivity contribution in [3.05, 3.63) is 83.7 Å². The molecule has 0 aliphatic rings. The molecular weight excluding hydrogens is 368 g/mol. The Morgan fingerprint density at radius 2 is 1.72 bits per heavy atom. The summed E-state index contributed by atoms with van der Waals surface area (Å²) in [6, 6.07) is 18.3. The normalized spacial score (nSPS) is 10.7. The van der Waals surface area contributed by atoms with Crippen LogP contribution in [-0.4, -0.2) is 33.8 Å². The van der Waals surface area contributed by atoms with Gasteiger partial charge in [-0.05, 0) is 37.3 Å². The monoisotopic (exact) mass is 386 g/mol. The highest BCUT2D eigenvalue weighted by molar-refractivity contribution is 6.08. The summed E-state index contributed by atoms with van der Waals surface area (Å²) in [7, 11) is 1.30. The molecule has 7 heteroatoms. The molecule has 0 saturated heterocycles. The maximum absolute atomic E-state index is 12.8. The first-order valence-electron chi connectivity index (χ1n) is 8.98. The molecule has 2 aromatic carbocycles. The van der Waals surface area contributed by atoms with Gasteiger partial charge in [-0.15, -0.1) is 0 Å². The molecule has 1 N–H and O–H groups in total. The van der Waals surface area contributed by atoms with Crippen LogP contribution < -0.4 is 5.32 Å². The number of rotatable bonds is 4. The molecule has 4 aromatic rings. The largest absolute Gasteiger partial charge is 0.465 e. The van der Waals surface area contributed by atoms with Crippen LogP contribution in [0, 0.1) is 6.92 Å². The smallest absolute Gasteiger partial charge is 0.339 e. The molecule has 0 unspecified atom stereocenters. The van der Waals surface area contributed by atoms with E-state index in [-0.39, 0.29) is 11.5 Å². The van der Waals surface area contributed by atoms with Gasteiger partial charge in [-0.25, -0.2) is 14.5 Å². The number of carbonyl (C=O) groups is 2. The Hall–Kier alpha value is -4.00. The van der Waals surface area contributed by atoms with Gasteiger partial charge in [-0.1, -0.05) is 30.3 Å². The second kappa shape index (κ2) is 7.55. The average molecular weight is 386 g/mol. The van der Waals surface area contributed by atoms with Gasteiger partial charge in [-0.2, -0.15) is 5.10 Å². The molecular formula is C22H18N4O3. The van der Waals surface area contributed by atoms with Crippen molar-refractivity contribution in [1.29, 1.82) is 0 Å². The summed E-state index contributed by atoms with van der Waals surface area (Å²) in [5, 5.41) is 8.12. The fourth-order valence-electron chi connectivity index (χ4n) is 3.11. The lowest BCUT2D eigenvalue weighted by Crippen LogP contribution is -2.16. The lowest BCUT2D eigenvalue weighted by atomic mass is 10.1. The first-order valence-corrected chi connectivity index (χ1v) is 8.98. The molecule has 7 nitrogen and oxygen atoms in total. The number of hydrogen-bond donors (Lipinski definition) is 1. The number of nitrogens with zero attached hydrogens (tertiary/aromatic N) is 3. The minimum absolute atomic E-state index is 0.282. The van der Waals surface area contributed by atoms with E-state index in [0.29, 0.717) is 22.8 Å². The van der Waals surface area contributed by atoms with Crippen LogP contribution in [0.5, 0.6) is 0 Å². The van der Waals surface area contributed by atoms with Crippen LogP contribution in [0.15, 0.2) is 66.9 Å². The summed E-state index contributed by atoms with van der Waals surface area (Å²) < 4.78 is 6.39. The third-order valence-corrected chi connectivity index (χ3v) is 4.64. The Bertz CT molecular complexity index is 1230. The molecule has 0 fully saturated rings. The van der Waals surface area contributed by atoms with E-state index in [4.69, 9.17) is 4.74 Å². The lowest BCUT2D eigenvalue weighted by Gasteiger charge is -2.10. The molecule has 0 radical (unpaired) electrons. The standard InChI is InChI=1S/C22H18N4O3/c1-14-17(21(27)25-19-10-6-4-8-16(19)22(28)29-2)13-23-26(14)20-12-11-15-7-3-5-9-18(15)24-20/h3-13H,1-2H3,(H,25,27). The second-order valence-electron chi connectivity index (χ2n) is 6.41. The average Bonchev–Trinajstić information content (AvgIpc) is 3.14. The third kappa shape index (κ3) is 3.45. The SMILES string of the molecule is COC(=O)c1ccccc1NC(=O)c1cnn(-c2ccc3ccccc3n2)c1C. The molecule has 4 rings (SSSR count). The van der Waals surface area contributed by atoms with Crippen molar-refractivity contribution in [2.24, 2.45) is 0 Å². The third-order valence-electron chi connectivity index (χ3n) is 4.64. The zero-order valence-corrected chi connectivity index (χ0v) is 15.9. The number of amides is 1. The van der Waals surface area contributed by atoms with E-state index in [1.807, 2.05) is 36.4 Å². The van der Waals surface area contributed by atoms with Crippen LogP contribution in [0.3, 0.4) is 0 Å². The minimum atomic E-state index is -0.520. The first kappa shape index (κ1) is 18.4. The molecule has 29 heavy (non-hydrogen) atoms. The van der Waals surface area contributed by atoms with E-state index >= 15 is 0 Å². The number of ether oxygens (including phenoxy) is 1. The van der Waals surface area contributed by atoms with Crippen LogP contribution >= 0.6 is 0 Å². The number of hydrogen-bond acceptors (Lipinski definition) is 5. The molecule has 0 atom stereocenters. The summed E-state index contributed by atoms with van der Waals surface area (Å²) >= 11 is 0. The number of carbonyl (C=O) groups excluding carboxylic acids is 2. The number of para-hydroxylation sites is 2. The maximum atomic E-state index is 12.8. The number of methoxy groups -OCH3 is 1. The van der Waals surface area contributed by atoms with Gasteiger partial charge >= 0.3 is 5.97 Å². The number of esters is 1. The Labute approximate surface area is 167 Å². The lowest BCUT2D eigenvalue weighted by molar-refractivity contribution is 0.0602. The Morgan fingerprint density at radius 3 is 2.55 bits per heavy atom. The zero-order valence-electron chi connectivity index (χ0n) is 15.9. The van der Waals surface area contributed by atoms with Crippen molar-refractivity contribution in [3.63, 3.8) is 0 Å². The van der Waals surface area contributed by atoms with Crippen molar-refractivity contribution in [3.8, 4) is 5.82 Å². The van der Waals surface area contributed by atoms with Gasteiger partial charge in [0, 0.05) is 5.39 Å². The van der Waals surface area contributed by atoms with E-state index in [2.05, 4.69) is 15.4 Å². The van der Waals surface area contributed by atoms with Crippen LogP contribution in [-0.2, 0) is 4.74 Å². The number of aromatic nitrogens is 3. The van der Waals surface area contributed by atoms with E-state index in [9.17, 15) is 9.59 Å². The highest BCUT2D eigenvalue weighted by Gasteiger charge is 2.19. The summed E-state index contributed by atoms with van der Waals surface area (Å²) in [6.07, 6.45) is 1.49. The fraction of sp³-hybridized carbons (Fsp3) is 0.0909. The molecule has 0 aliphatic heterocycles. The van der Waals surface area contributed by atoms with E-state index in [0.717, 1.165) is 10.9 Å². The summed E-state index contributed by atoms with van der Waals surface area (Å²) in [4.78, 5) is 29.4. The number of nitrogens with one attached hydrogen (secondary N) is 1. The van der Waals surface area contributed by atoms with Gasteiger partial charge in [0.2, 0.25) is 0 Å². The fourth-order valence-corrected chi connectivity index (χ4v) is 3.11. The van der Waals surface area contributed by atoms with Gasteiger partial charge in [-0.3, -0.25) is 4.79 Å². The Kier molecular flexibility index (Phi) is 4.78. The summed E-state index contributed by atoms with van der Waals surface area (Å²) in [5.41, 5.74) is 2.53. The molecule has 2 heterocycles. The number of benzene rings is 2. The quantitative estimate of drug-likeness (QED) is 0.540. The van der Waals surface area contributed by atoms with Crippen LogP contribution in [0.4, 0.5) is 5.69 Å². The zero-order chi connectivity index (χ0) is 20.4. The van der Waals surface area contributed by atoms with Crippen molar-refractivity contribution < 1.29 is 14.3 Å². The number of fused-ring (bicyclic) bond motifs is 1. The van der Waals surface area contributed by atoms with Crippen LogP contribution in [0.2, 0.25) is 0 Å². The van der Waals surface area contributed by atoms with Crippen molar-refractivity contribution in [2.75, 3.05) is 12.4 Å².